The molecule has 1 aliphatic carbocycles. The fourth-order valence-corrected chi connectivity index (χ4v) is 7.69. The van der Waals surface area contributed by atoms with Crippen molar-refractivity contribution in [1.29, 1.82) is 0 Å². The van der Waals surface area contributed by atoms with E-state index >= 15 is 0 Å². The molecule has 8 nitrogen and oxygen atoms in total. The molecule has 252 valence electrons. The van der Waals surface area contributed by atoms with Crippen LogP contribution >= 0.6 is 0 Å². The Labute approximate surface area is 284 Å². The number of aryl methyl sites for hydroxylation is 1. The molecule has 48 heavy (non-hydrogen) atoms. The van der Waals surface area contributed by atoms with Gasteiger partial charge in [-0.3, -0.25) is 13.9 Å². The third-order valence-electron chi connectivity index (χ3n) is 8.87. The number of benzene rings is 4. The minimum atomic E-state index is -4.23. The smallest absolute Gasteiger partial charge is 0.264 e. The molecule has 0 saturated heterocycles. The van der Waals surface area contributed by atoms with Gasteiger partial charge in [0.1, 0.15) is 18.3 Å². The van der Waals surface area contributed by atoms with Gasteiger partial charge in [-0.1, -0.05) is 104 Å². The second-order valence-electron chi connectivity index (χ2n) is 12.2. The molecule has 4 aromatic rings. The van der Waals surface area contributed by atoms with E-state index in [9.17, 15) is 18.0 Å². The third-order valence-corrected chi connectivity index (χ3v) is 10.6. The van der Waals surface area contributed by atoms with Gasteiger partial charge >= 0.3 is 0 Å². The van der Waals surface area contributed by atoms with Gasteiger partial charge in [0.25, 0.3) is 10.0 Å². The Bertz CT molecular complexity index is 1760. The molecule has 0 spiro atoms. The molecule has 1 fully saturated rings. The van der Waals surface area contributed by atoms with Gasteiger partial charge in [0.05, 0.1) is 17.2 Å². The Morgan fingerprint density at radius 1 is 0.833 bits per heavy atom. The first-order valence-corrected chi connectivity index (χ1v) is 18.2. The van der Waals surface area contributed by atoms with Crippen molar-refractivity contribution in [2.24, 2.45) is 0 Å². The molecule has 0 aliphatic heterocycles. The lowest BCUT2D eigenvalue weighted by Gasteiger charge is -2.35. The Kier molecular flexibility index (Phi) is 11.9. The number of carbonyl (C=O) groups is 2. The van der Waals surface area contributed by atoms with Crippen molar-refractivity contribution in [3.05, 3.63) is 126 Å². The molecular formula is C39H45N3O5S. The number of sulfonamides is 1. The molecule has 0 aromatic heterocycles. The van der Waals surface area contributed by atoms with Gasteiger partial charge in [-0.05, 0) is 67.6 Å². The number of nitrogens with zero attached hydrogens (tertiary/aromatic N) is 2. The third kappa shape index (κ3) is 8.63. The van der Waals surface area contributed by atoms with Crippen LogP contribution in [0.3, 0.4) is 0 Å². The zero-order valence-electron chi connectivity index (χ0n) is 27.8. The topological polar surface area (TPSA) is 96.0 Å². The maximum atomic E-state index is 14.8. The van der Waals surface area contributed by atoms with Crippen molar-refractivity contribution < 1.29 is 22.7 Å². The minimum absolute atomic E-state index is 0.0352. The minimum Gasteiger partial charge on any atom is -0.492 e. The van der Waals surface area contributed by atoms with E-state index in [1.807, 2.05) is 68.4 Å². The highest BCUT2D eigenvalue weighted by atomic mass is 32.2. The van der Waals surface area contributed by atoms with E-state index in [0.717, 1.165) is 53.1 Å². The van der Waals surface area contributed by atoms with Gasteiger partial charge in [-0.15, -0.1) is 0 Å². The normalized spacial score (nSPS) is 14.1. The maximum absolute atomic E-state index is 14.8. The van der Waals surface area contributed by atoms with Crippen molar-refractivity contribution in [2.75, 3.05) is 17.5 Å². The van der Waals surface area contributed by atoms with E-state index in [1.54, 1.807) is 47.4 Å². The molecule has 9 heteroatoms. The summed E-state index contributed by atoms with van der Waals surface area (Å²) in [5.41, 5.74) is 3.00. The molecule has 2 amide bonds. The maximum Gasteiger partial charge on any atom is 0.264 e. The summed E-state index contributed by atoms with van der Waals surface area (Å²) in [4.78, 5) is 30.7. The van der Waals surface area contributed by atoms with E-state index < -0.39 is 28.5 Å². The van der Waals surface area contributed by atoms with Crippen LogP contribution in [0.4, 0.5) is 5.69 Å². The number of carbonyl (C=O) groups excluding carboxylic acids is 2. The summed E-state index contributed by atoms with van der Waals surface area (Å²) < 4.78 is 35.6. The molecule has 0 unspecified atom stereocenters. The molecule has 1 saturated carbocycles. The molecular weight excluding hydrogens is 623 g/mol. The molecule has 1 aliphatic rings. The summed E-state index contributed by atoms with van der Waals surface area (Å²) in [6, 6.07) is 31.4. The summed E-state index contributed by atoms with van der Waals surface area (Å²) in [5, 5.41) is 3.26. The summed E-state index contributed by atoms with van der Waals surface area (Å²) >= 11 is 0. The van der Waals surface area contributed by atoms with Gasteiger partial charge in [-0.2, -0.15) is 0 Å². The largest absolute Gasteiger partial charge is 0.492 e. The number of rotatable bonds is 14. The average Bonchev–Trinajstić information content (AvgIpc) is 3.11. The van der Waals surface area contributed by atoms with E-state index in [-0.39, 0.29) is 35.5 Å². The van der Waals surface area contributed by atoms with Crippen LogP contribution in [0, 0.1) is 6.92 Å². The van der Waals surface area contributed by atoms with Crippen molar-refractivity contribution in [2.45, 2.75) is 75.9 Å². The van der Waals surface area contributed by atoms with Crippen LogP contribution in [0.5, 0.6) is 5.75 Å². The monoisotopic (exact) mass is 667 g/mol. The summed E-state index contributed by atoms with van der Waals surface area (Å²) in [6.07, 6.45) is 5.31. The predicted octanol–water partition coefficient (Wildman–Crippen LogP) is 6.68. The highest BCUT2D eigenvalue weighted by molar-refractivity contribution is 7.92. The highest BCUT2D eigenvalue weighted by Gasteiger charge is 2.36. The van der Waals surface area contributed by atoms with Crippen LogP contribution < -0.4 is 14.4 Å². The Morgan fingerprint density at radius 3 is 2.15 bits per heavy atom. The number of hydrogen-bond acceptors (Lipinski definition) is 5. The Balaban J connectivity index is 1.59. The summed E-state index contributed by atoms with van der Waals surface area (Å²) in [6.45, 7) is 3.70. The SMILES string of the molecule is CCOc1ccccc1N(CC(=O)N(Cc1ccccc1C)[C@@H](Cc1ccccc1)C(=O)NC1CCCCC1)S(=O)(=O)c1ccccc1. The van der Waals surface area contributed by atoms with Crippen LogP contribution in [-0.2, 0) is 32.6 Å². The first-order chi connectivity index (χ1) is 23.3. The number of ether oxygens (including phenoxy) is 1. The summed E-state index contributed by atoms with van der Waals surface area (Å²) in [7, 11) is -4.23. The van der Waals surface area contributed by atoms with Crippen molar-refractivity contribution in [1.82, 2.24) is 10.2 Å². The number of para-hydroxylation sites is 2. The zero-order chi connectivity index (χ0) is 33.9. The van der Waals surface area contributed by atoms with Gasteiger partial charge in [0, 0.05) is 19.0 Å². The number of anilines is 1. The van der Waals surface area contributed by atoms with Crippen LogP contribution in [-0.4, -0.2) is 50.4 Å². The van der Waals surface area contributed by atoms with Crippen molar-refractivity contribution in [3.63, 3.8) is 0 Å². The molecule has 0 bridgehead atoms. The zero-order valence-corrected chi connectivity index (χ0v) is 28.6. The highest BCUT2D eigenvalue weighted by Crippen LogP contribution is 2.33. The molecule has 0 radical (unpaired) electrons. The average molecular weight is 668 g/mol. The standard InChI is InChI=1S/C39H45N3O5S/c1-3-47-37-26-16-15-25-35(37)42(48(45,46)34-23-11-6-12-24-34)29-38(43)41(28-32-20-14-13-17-30(32)2)36(27-31-18-7-4-8-19-31)39(44)40-33-21-9-5-10-22-33/h4,6-8,11-20,23-26,33,36H,3,5,9-10,21-22,27-29H2,1-2H3,(H,40,44)/t36-/m0/s1. The lowest BCUT2D eigenvalue weighted by Crippen LogP contribution is -2.55. The quantitative estimate of drug-likeness (QED) is 0.162. The van der Waals surface area contributed by atoms with Gasteiger partial charge in [0.15, 0.2) is 0 Å². The molecule has 5 rings (SSSR count). The summed E-state index contributed by atoms with van der Waals surface area (Å²) in [5.74, 6) is -0.391. The van der Waals surface area contributed by atoms with Gasteiger partial charge < -0.3 is 15.0 Å². The van der Waals surface area contributed by atoms with E-state index in [2.05, 4.69) is 5.32 Å². The second-order valence-corrected chi connectivity index (χ2v) is 14.1. The lowest BCUT2D eigenvalue weighted by molar-refractivity contribution is -0.140. The first kappa shape index (κ1) is 34.7. The predicted molar refractivity (Wildman–Crippen MR) is 189 cm³/mol. The van der Waals surface area contributed by atoms with Crippen molar-refractivity contribution in [3.8, 4) is 5.75 Å². The molecule has 4 aromatic carbocycles. The van der Waals surface area contributed by atoms with E-state index in [0.29, 0.717) is 12.4 Å². The first-order valence-electron chi connectivity index (χ1n) is 16.8. The van der Waals surface area contributed by atoms with Crippen molar-refractivity contribution >= 4 is 27.5 Å². The fraction of sp³-hybridized carbons (Fsp3) is 0.333. The fourth-order valence-electron chi connectivity index (χ4n) is 6.24. The van der Waals surface area contributed by atoms with Crippen LogP contribution in [0.15, 0.2) is 114 Å². The van der Waals surface area contributed by atoms with Crippen LogP contribution in [0.2, 0.25) is 0 Å². The Hall–Kier alpha value is -4.63. The van der Waals surface area contributed by atoms with Gasteiger partial charge in [-0.25, -0.2) is 8.42 Å². The van der Waals surface area contributed by atoms with Crippen LogP contribution in [0.25, 0.3) is 0 Å². The molecule has 0 heterocycles. The number of nitrogens with one attached hydrogen (secondary N) is 1. The van der Waals surface area contributed by atoms with E-state index in [4.69, 9.17) is 4.74 Å². The lowest BCUT2D eigenvalue weighted by atomic mass is 9.94. The Morgan fingerprint density at radius 2 is 1.46 bits per heavy atom. The van der Waals surface area contributed by atoms with E-state index in [1.165, 1.54) is 12.1 Å². The second kappa shape index (κ2) is 16.5. The molecule has 1 N–H and O–H groups in total. The van der Waals surface area contributed by atoms with Gasteiger partial charge in [0.2, 0.25) is 11.8 Å². The number of hydrogen-bond donors (Lipinski definition) is 1. The van der Waals surface area contributed by atoms with Crippen LogP contribution in [0.1, 0.15) is 55.7 Å². The number of amides is 2. The molecule has 1 atom stereocenters.